The molecule has 6 nitrogen and oxygen atoms in total. The Hall–Kier alpha value is -2.90. The molecule has 1 aromatic heterocycles. The predicted molar refractivity (Wildman–Crippen MR) is 121 cm³/mol. The highest BCUT2D eigenvalue weighted by Crippen LogP contribution is 2.29. The highest BCUT2D eigenvalue weighted by molar-refractivity contribution is 7.14. The SMILES string of the molecule is CC(=O)N(c1cccc(C)c1)c1nc(C[NH+]2CCN(c3ccc(O)cc3)CC2)cs1. The molecule has 0 unspecified atom stereocenters. The summed E-state index contributed by atoms with van der Waals surface area (Å²) in [5, 5.41) is 12.3. The van der Waals surface area contributed by atoms with Crippen LogP contribution in [0.3, 0.4) is 0 Å². The van der Waals surface area contributed by atoms with Crippen LogP contribution in [0, 0.1) is 6.92 Å². The predicted octanol–water partition coefficient (Wildman–Crippen LogP) is 2.75. The van der Waals surface area contributed by atoms with Crippen molar-refractivity contribution in [1.29, 1.82) is 0 Å². The van der Waals surface area contributed by atoms with Gasteiger partial charge in [-0.3, -0.25) is 9.69 Å². The molecule has 4 rings (SSSR count). The van der Waals surface area contributed by atoms with Crippen molar-refractivity contribution in [2.75, 3.05) is 36.0 Å². The van der Waals surface area contributed by atoms with Crippen LogP contribution in [0.25, 0.3) is 0 Å². The molecule has 0 atom stereocenters. The molecule has 1 fully saturated rings. The Labute approximate surface area is 181 Å². The fraction of sp³-hybridized carbons (Fsp3) is 0.304. The summed E-state index contributed by atoms with van der Waals surface area (Å²) in [6, 6.07) is 15.4. The molecule has 2 aromatic carbocycles. The van der Waals surface area contributed by atoms with E-state index in [2.05, 4.69) is 10.3 Å². The fourth-order valence-corrected chi connectivity index (χ4v) is 4.74. The molecule has 0 aliphatic carbocycles. The van der Waals surface area contributed by atoms with Crippen LogP contribution in [0.4, 0.5) is 16.5 Å². The van der Waals surface area contributed by atoms with E-state index in [-0.39, 0.29) is 5.91 Å². The highest BCUT2D eigenvalue weighted by atomic mass is 32.1. The summed E-state index contributed by atoms with van der Waals surface area (Å²) in [5.74, 6) is 0.268. The number of anilines is 3. The van der Waals surface area contributed by atoms with Crippen LogP contribution in [-0.4, -0.2) is 42.2 Å². The number of hydrogen-bond acceptors (Lipinski definition) is 5. The quantitative estimate of drug-likeness (QED) is 0.663. The van der Waals surface area contributed by atoms with Crippen LogP contribution in [0.1, 0.15) is 18.2 Å². The van der Waals surface area contributed by atoms with Gasteiger partial charge in [-0.2, -0.15) is 0 Å². The molecule has 7 heteroatoms. The van der Waals surface area contributed by atoms with Gasteiger partial charge in [0.2, 0.25) is 5.91 Å². The number of nitrogens with one attached hydrogen (secondary N) is 1. The minimum atomic E-state index is -0.0311. The van der Waals surface area contributed by atoms with Gasteiger partial charge in [0.25, 0.3) is 0 Å². The summed E-state index contributed by atoms with van der Waals surface area (Å²) in [5.41, 5.74) is 4.16. The van der Waals surface area contributed by atoms with Crippen LogP contribution in [0.15, 0.2) is 53.9 Å². The Morgan fingerprint density at radius 1 is 1.20 bits per heavy atom. The first-order chi connectivity index (χ1) is 14.5. The molecule has 2 N–H and O–H groups in total. The molecular weight excluding hydrogens is 396 g/mol. The summed E-state index contributed by atoms with van der Waals surface area (Å²) in [4.78, 5) is 22.6. The van der Waals surface area contributed by atoms with Crippen LogP contribution in [0.5, 0.6) is 5.75 Å². The van der Waals surface area contributed by atoms with E-state index in [0.29, 0.717) is 5.75 Å². The standard InChI is InChI=1S/C23H26N4O2S/c1-17-4-3-5-21(14-17)27(18(2)28)23-24-19(16-30-23)15-25-10-12-26(13-11-25)20-6-8-22(29)9-7-20/h3-9,14,16,29H,10-13,15H2,1-2H3/p+1. The third kappa shape index (κ3) is 4.63. The third-order valence-electron chi connectivity index (χ3n) is 5.42. The van der Waals surface area contributed by atoms with Crippen molar-refractivity contribution in [3.05, 3.63) is 65.2 Å². The lowest BCUT2D eigenvalue weighted by atomic mass is 10.2. The number of carbonyl (C=O) groups excluding carboxylic acids is 1. The Balaban J connectivity index is 1.40. The van der Waals surface area contributed by atoms with Gasteiger partial charge < -0.3 is 14.9 Å². The second kappa shape index (κ2) is 8.85. The zero-order valence-corrected chi connectivity index (χ0v) is 18.2. The number of hydrogen-bond donors (Lipinski definition) is 2. The van der Waals surface area contributed by atoms with Gasteiger partial charge in [0.1, 0.15) is 18.0 Å². The maximum atomic E-state index is 12.3. The van der Waals surface area contributed by atoms with Gasteiger partial charge in [0.05, 0.1) is 31.9 Å². The van der Waals surface area contributed by atoms with Crippen molar-refractivity contribution < 1.29 is 14.8 Å². The lowest BCUT2D eigenvalue weighted by molar-refractivity contribution is -0.914. The van der Waals surface area contributed by atoms with Crippen LogP contribution in [-0.2, 0) is 11.3 Å². The van der Waals surface area contributed by atoms with Crippen molar-refractivity contribution in [1.82, 2.24) is 4.98 Å². The van der Waals surface area contributed by atoms with E-state index in [1.165, 1.54) is 16.2 Å². The van der Waals surface area contributed by atoms with E-state index in [9.17, 15) is 9.90 Å². The normalized spacial score (nSPS) is 14.7. The van der Waals surface area contributed by atoms with Gasteiger partial charge in [0, 0.05) is 18.0 Å². The van der Waals surface area contributed by atoms with Crippen LogP contribution in [0.2, 0.25) is 0 Å². The minimum Gasteiger partial charge on any atom is -0.508 e. The van der Waals surface area contributed by atoms with Gasteiger partial charge in [-0.25, -0.2) is 4.98 Å². The first-order valence-corrected chi connectivity index (χ1v) is 11.1. The van der Waals surface area contributed by atoms with Gasteiger partial charge in [-0.05, 0) is 48.9 Å². The number of carbonyl (C=O) groups is 1. The number of aromatic nitrogens is 1. The highest BCUT2D eigenvalue weighted by Gasteiger charge is 2.23. The molecule has 0 spiro atoms. The molecule has 1 saturated heterocycles. The molecule has 0 saturated carbocycles. The Morgan fingerprint density at radius 2 is 1.93 bits per heavy atom. The largest absolute Gasteiger partial charge is 0.508 e. The molecular formula is C23H27N4O2S+. The number of benzene rings is 2. The van der Waals surface area contributed by atoms with Crippen LogP contribution >= 0.6 is 11.3 Å². The maximum absolute atomic E-state index is 12.3. The lowest BCUT2D eigenvalue weighted by Gasteiger charge is -2.33. The number of aromatic hydroxyl groups is 1. The molecule has 1 aliphatic rings. The molecule has 1 aliphatic heterocycles. The van der Waals surface area contributed by atoms with E-state index in [1.54, 1.807) is 24.0 Å². The molecule has 0 radical (unpaired) electrons. The molecule has 0 bridgehead atoms. The average molecular weight is 424 g/mol. The van der Waals surface area contributed by atoms with Crippen molar-refractivity contribution in [2.24, 2.45) is 0 Å². The number of nitrogens with zero attached hydrogens (tertiary/aromatic N) is 3. The van der Waals surface area contributed by atoms with E-state index in [0.717, 1.165) is 60.5 Å². The smallest absolute Gasteiger partial charge is 0.230 e. The minimum absolute atomic E-state index is 0.0311. The number of aryl methyl sites for hydroxylation is 1. The zero-order valence-electron chi connectivity index (χ0n) is 17.3. The summed E-state index contributed by atoms with van der Waals surface area (Å²) >= 11 is 1.52. The van der Waals surface area contributed by atoms with Crippen LogP contribution < -0.4 is 14.7 Å². The second-order valence-corrected chi connectivity index (χ2v) is 8.58. The molecule has 3 aromatic rings. The molecule has 2 heterocycles. The van der Waals surface area contributed by atoms with E-state index >= 15 is 0 Å². The van der Waals surface area contributed by atoms with Crippen molar-refractivity contribution in [3.8, 4) is 5.75 Å². The second-order valence-electron chi connectivity index (χ2n) is 7.75. The fourth-order valence-electron chi connectivity index (χ4n) is 3.85. The van der Waals surface area contributed by atoms with E-state index < -0.39 is 0 Å². The number of phenolic OH excluding ortho intramolecular Hbond substituents is 1. The van der Waals surface area contributed by atoms with Crippen molar-refractivity contribution in [3.63, 3.8) is 0 Å². The lowest BCUT2D eigenvalue weighted by Crippen LogP contribution is -3.13. The first kappa shape index (κ1) is 20.4. The Kier molecular flexibility index (Phi) is 6.01. The van der Waals surface area contributed by atoms with Gasteiger partial charge in [-0.1, -0.05) is 12.1 Å². The zero-order chi connectivity index (χ0) is 21.1. The van der Waals surface area contributed by atoms with Crippen molar-refractivity contribution in [2.45, 2.75) is 20.4 Å². The number of quaternary nitrogens is 1. The number of rotatable bonds is 5. The van der Waals surface area contributed by atoms with E-state index in [4.69, 9.17) is 4.98 Å². The topological polar surface area (TPSA) is 61.1 Å². The number of piperazine rings is 1. The monoisotopic (exact) mass is 423 g/mol. The molecule has 156 valence electrons. The number of amides is 1. The van der Waals surface area contributed by atoms with Gasteiger partial charge >= 0.3 is 0 Å². The van der Waals surface area contributed by atoms with Crippen molar-refractivity contribution >= 4 is 33.8 Å². The summed E-state index contributed by atoms with van der Waals surface area (Å²) in [7, 11) is 0. The summed E-state index contributed by atoms with van der Waals surface area (Å²) in [6.07, 6.45) is 0. The maximum Gasteiger partial charge on any atom is 0.230 e. The third-order valence-corrected chi connectivity index (χ3v) is 6.30. The van der Waals surface area contributed by atoms with Gasteiger partial charge in [0.15, 0.2) is 5.13 Å². The van der Waals surface area contributed by atoms with Gasteiger partial charge in [-0.15, -0.1) is 11.3 Å². The Morgan fingerprint density at radius 3 is 2.60 bits per heavy atom. The first-order valence-electron chi connectivity index (χ1n) is 10.2. The molecule has 1 amide bonds. The Bertz CT molecular complexity index is 1010. The molecule has 30 heavy (non-hydrogen) atoms. The average Bonchev–Trinajstić information content (AvgIpc) is 3.17. The number of phenols is 1. The summed E-state index contributed by atoms with van der Waals surface area (Å²) in [6.45, 7) is 8.47. The summed E-state index contributed by atoms with van der Waals surface area (Å²) < 4.78 is 0. The number of thiazole rings is 1. The van der Waals surface area contributed by atoms with E-state index in [1.807, 2.05) is 43.3 Å².